The highest BCUT2D eigenvalue weighted by Crippen LogP contribution is 2.35. The van der Waals surface area contributed by atoms with E-state index < -0.39 is 0 Å². The smallest absolute Gasteiger partial charge is 0.121 e. The molecule has 2 atom stereocenters. The first kappa shape index (κ1) is 13.6. The van der Waals surface area contributed by atoms with E-state index in [1.807, 2.05) is 6.92 Å². The lowest BCUT2D eigenvalue weighted by Crippen LogP contribution is -2.40. The van der Waals surface area contributed by atoms with Crippen molar-refractivity contribution in [3.8, 4) is 0 Å². The monoisotopic (exact) mass is 250 g/mol. The summed E-state index contributed by atoms with van der Waals surface area (Å²) in [6, 6.07) is 4.67. The number of hydrogen-bond acceptors (Lipinski definition) is 3. The molecule has 1 N–H and O–H groups in total. The van der Waals surface area contributed by atoms with Crippen LogP contribution in [0, 0.1) is 12.8 Å². The molecule has 1 saturated heterocycles. The summed E-state index contributed by atoms with van der Waals surface area (Å²) in [7, 11) is 2.22. The fourth-order valence-corrected chi connectivity index (χ4v) is 3.00. The third-order valence-corrected chi connectivity index (χ3v) is 3.89. The van der Waals surface area contributed by atoms with Gasteiger partial charge in [-0.3, -0.25) is 4.90 Å². The molecular weight excluding hydrogens is 224 g/mol. The van der Waals surface area contributed by atoms with Gasteiger partial charge in [-0.05, 0) is 70.9 Å². The molecule has 1 aromatic heterocycles. The van der Waals surface area contributed by atoms with E-state index in [4.69, 9.17) is 4.42 Å². The van der Waals surface area contributed by atoms with E-state index in [2.05, 4.69) is 36.3 Å². The van der Waals surface area contributed by atoms with Crippen LogP contribution in [0.1, 0.15) is 43.7 Å². The Morgan fingerprint density at radius 2 is 2.28 bits per heavy atom. The Kier molecular flexibility index (Phi) is 4.84. The third kappa shape index (κ3) is 3.15. The second kappa shape index (κ2) is 6.39. The fraction of sp³-hybridized carbons (Fsp3) is 0.733. The van der Waals surface area contributed by atoms with Crippen molar-refractivity contribution in [2.75, 3.05) is 26.7 Å². The number of rotatable bonds is 5. The van der Waals surface area contributed by atoms with Gasteiger partial charge in [0, 0.05) is 0 Å². The van der Waals surface area contributed by atoms with Crippen molar-refractivity contribution in [3.05, 3.63) is 23.7 Å². The maximum Gasteiger partial charge on any atom is 0.121 e. The highest BCUT2D eigenvalue weighted by molar-refractivity contribution is 5.12. The number of nitrogens with zero attached hydrogens (tertiary/aromatic N) is 1. The van der Waals surface area contributed by atoms with Gasteiger partial charge in [0.2, 0.25) is 0 Å². The Morgan fingerprint density at radius 1 is 1.44 bits per heavy atom. The number of nitrogens with one attached hydrogen (secondary N) is 1. The largest absolute Gasteiger partial charge is 0.465 e. The minimum Gasteiger partial charge on any atom is -0.465 e. The summed E-state index contributed by atoms with van der Waals surface area (Å²) in [6.07, 6.45) is 3.80. The minimum absolute atomic E-state index is 0.441. The predicted octanol–water partition coefficient (Wildman–Crippen LogP) is 2.97. The number of hydrogen-bond donors (Lipinski definition) is 1. The molecule has 102 valence electrons. The Balaban J connectivity index is 2.05. The van der Waals surface area contributed by atoms with Crippen molar-refractivity contribution in [1.29, 1.82) is 0 Å². The van der Waals surface area contributed by atoms with Gasteiger partial charge in [-0.15, -0.1) is 0 Å². The zero-order chi connectivity index (χ0) is 13.0. The second-order valence-electron chi connectivity index (χ2n) is 5.48. The molecule has 3 heteroatoms. The van der Waals surface area contributed by atoms with E-state index in [1.165, 1.54) is 25.8 Å². The van der Waals surface area contributed by atoms with Gasteiger partial charge in [0.25, 0.3) is 0 Å². The lowest BCUT2D eigenvalue weighted by molar-refractivity contribution is 0.100. The molecule has 0 aromatic carbocycles. The number of likely N-dealkylation sites (tertiary alicyclic amines) is 1. The van der Waals surface area contributed by atoms with Gasteiger partial charge in [-0.1, -0.05) is 6.92 Å². The lowest BCUT2D eigenvalue weighted by atomic mass is 9.88. The van der Waals surface area contributed by atoms with Crippen LogP contribution in [0.2, 0.25) is 0 Å². The molecule has 0 amide bonds. The van der Waals surface area contributed by atoms with Gasteiger partial charge in [0.05, 0.1) is 6.04 Å². The molecule has 0 saturated carbocycles. The molecule has 1 aliphatic heterocycles. The van der Waals surface area contributed by atoms with Gasteiger partial charge in [-0.25, -0.2) is 0 Å². The number of aryl methyl sites for hydroxylation is 1. The average molecular weight is 250 g/mol. The average Bonchev–Trinajstić information content (AvgIpc) is 2.76. The van der Waals surface area contributed by atoms with Gasteiger partial charge in [0.15, 0.2) is 0 Å². The maximum absolute atomic E-state index is 5.86. The molecular formula is C15H26N2O. The number of piperidine rings is 1. The van der Waals surface area contributed by atoms with Gasteiger partial charge < -0.3 is 9.73 Å². The first-order valence-electron chi connectivity index (χ1n) is 7.19. The maximum atomic E-state index is 5.86. The van der Waals surface area contributed by atoms with Crippen molar-refractivity contribution in [2.24, 2.45) is 5.92 Å². The quantitative estimate of drug-likeness (QED) is 0.814. The molecule has 1 aromatic rings. The minimum atomic E-state index is 0.441. The summed E-state index contributed by atoms with van der Waals surface area (Å²) in [5.74, 6) is 2.82. The Morgan fingerprint density at radius 3 is 2.94 bits per heavy atom. The third-order valence-electron chi connectivity index (χ3n) is 3.89. The summed E-state index contributed by atoms with van der Waals surface area (Å²) >= 11 is 0. The molecule has 0 radical (unpaired) electrons. The van der Waals surface area contributed by atoms with Crippen molar-refractivity contribution in [1.82, 2.24) is 10.2 Å². The molecule has 0 bridgehead atoms. The zero-order valence-electron chi connectivity index (χ0n) is 11.9. The molecule has 2 rings (SSSR count). The molecule has 2 heterocycles. The highest BCUT2D eigenvalue weighted by atomic mass is 16.3. The highest BCUT2D eigenvalue weighted by Gasteiger charge is 2.32. The predicted molar refractivity (Wildman–Crippen MR) is 74.7 cm³/mol. The second-order valence-corrected chi connectivity index (χ2v) is 5.48. The van der Waals surface area contributed by atoms with Crippen LogP contribution in [0.4, 0.5) is 0 Å². The molecule has 0 spiro atoms. The van der Waals surface area contributed by atoms with Crippen molar-refractivity contribution >= 4 is 0 Å². The van der Waals surface area contributed by atoms with E-state index in [0.717, 1.165) is 24.6 Å². The molecule has 1 aliphatic rings. The Labute approximate surface area is 111 Å². The first-order chi connectivity index (χ1) is 8.72. The molecule has 1 fully saturated rings. The topological polar surface area (TPSA) is 28.4 Å². The van der Waals surface area contributed by atoms with Crippen molar-refractivity contribution < 1.29 is 4.42 Å². The summed E-state index contributed by atoms with van der Waals surface area (Å²) in [5.41, 5.74) is 0. The van der Waals surface area contributed by atoms with Crippen LogP contribution in [0.15, 0.2) is 16.5 Å². The van der Waals surface area contributed by atoms with Gasteiger partial charge in [0.1, 0.15) is 11.5 Å². The fourth-order valence-electron chi connectivity index (χ4n) is 3.00. The van der Waals surface area contributed by atoms with Crippen LogP contribution in [0.25, 0.3) is 0 Å². The van der Waals surface area contributed by atoms with Crippen LogP contribution in [0.5, 0.6) is 0 Å². The molecule has 18 heavy (non-hydrogen) atoms. The van der Waals surface area contributed by atoms with Gasteiger partial charge >= 0.3 is 0 Å². The van der Waals surface area contributed by atoms with Crippen LogP contribution in [-0.4, -0.2) is 31.6 Å². The molecule has 3 nitrogen and oxygen atoms in total. The Hall–Kier alpha value is -0.800. The van der Waals surface area contributed by atoms with Crippen molar-refractivity contribution in [2.45, 2.75) is 39.2 Å². The van der Waals surface area contributed by atoms with E-state index in [0.29, 0.717) is 12.0 Å². The van der Waals surface area contributed by atoms with Crippen LogP contribution < -0.4 is 5.32 Å². The molecule has 2 unspecified atom stereocenters. The Bertz CT molecular complexity index is 361. The van der Waals surface area contributed by atoms with E-state index in [-0.39, 0.29) is 0 Å². The van der Waals surface area contributed by atoms with Crippen molar-refractivity contribution in [3.63, 3.8) is 0 Å². The summed E-state index contributed by atoms with van der Waals surface area (Å²) in [5, 5.41) is 3.56. The van der Waals surface area contributed by atoms with Gasteiger partial charge in [-0.2, -0.15) is 0 Å². The van der Waals surface area contributed by atoms with E-state index >= 15 is 0 Å². The van der Waals surface area contributed by atoms with Crippen LogP contribution in [0.3, 0.4) is 0 Å². The van der Waals surface area contributed by atoms with E-state index in [1.54, 1.807) is 0 Å². The number of furan rings is 1. The van der Waals surface area contributed by atoms with E-state index in [9.17, 15) is 0 Å². The zero-order valence-corrected chi connectivity index (χ0v) is 11.9. The summed E-state index contributed by atoms with van der Waals surface area (Å²) < 4.78 is 5.86. The normalized spacial score (nSPS) is 25.5. The van der Waals surface area contributed by atoms with Crippen LogP contribution >= 0.6 is 0 Å². The lowest BCUT2D eigenvalue weighted by Gasteiger charge is -2.38. The summed E-state index contributed by atoms with van der Waals surface area (Å²) in [4.78, 5) is 2.44. The summed E-state index contributed by atoms with van der Waals surface area (Å²) in [6.45, 7) is 7.63. The SMILES string of the molecule is CCCNCC1CCCN(C)C1c1ccc(C)o1. The van der Waals surface area contributed by atoms with Crippen LogP contribution in [-0.2, 0) is 0 Å². The molecule has 0 aliphatic carbocycles. The first-order valence-corrected chi connectivity index (χ1v) is 7.19. The standard InChI is InChI=1S/C15H26N2O/c1-4-9-16-11-13-6-5-10-17(3)15(13)14-8-7-12(2)18-14/h7-8,13,15-16H,4-6,9-11H2,1-3H3.